The largest absolute Gasteiger partial charge is 0.418 e. The Morgan fingerprint density at radius 2 is 1.80 bits per heavy atom. The number of nitrogen functional groups attached to an aromatic ring is 1. The van der Waals surface area contributed by atoms with Gasteiger partial charge in [-0.3, -0.25) is 0 Å². The Morgan fingerprint density at radius 1 is 1.10 bits per heavy atom. The molecule has 0 saturated heterocycles. The zero-order valence-corrected chi connectivity index (χ0v) is 11.1. The van der Waals surface area contributed by atoms with E-state index in [1.807, 2.05) is 0 Å². The Hall–Kier alpha value is -1.80. The molecule has 0 spiro atoms. The van der Waals surface area contributed by atoms with Gasteiger partial charge >= 0.3 is 6.18 Å². The van der Waals surface area contributed by atoms with E-state index in [4.69, 9.17) is 28.9 Å². The second-order valence-corrected chi connectivity index (χ2v) is 4.37. The van der Waals surface area contributed by atoms with Gasteiger partial charge in [-0.2, -0.15) is 28.1 Å². The summed E-state index contributed by atoms with van der Waals surface area (Å²) in [5.74, 6) is -0.412. The summed E-state index contributed by atoms with van der Waals surface area (Å²) in [6, 6.07) is 3.24. The van der Waals surface area contributed by atoms with E-state index in [2.05, 4.69) is 20.3 Å². The maximum absolute atomic E-state index is 12.9. The van der Waals surface area contributed by atoms with Crippen molar-refractivity contribution in [1.82, 2.24) is 15.0 Å². The molecule has 1 aromatic heterocycles. The third-order valence-electron chi connectivity index (χ3n) is 2.16. The number of nitrogens with one attached hydrogen (secondary N) is 1. The van der Waals surface area contributed by atoms with E-state index in [1.54, 1.807) is 0 Å². The predicted molar refractivity (Wildman–Crippen MR) is 69.0 cm³/mol. The van der Waals surface area contributed by atoms with Gasteiger partial charge in [0.2, 0.25) is 17.2 Å². The number of anilines is 3. The van der Waals surface area contributed by atoms with Gasteiger partial charge in [0.1, 0.15) is 0 Å². The van der Waals surface area contributed by atoms with Gasteiger partial charge in [0.05, 0.1) is 11.3 Å². The summed E-state index contributed by atoms with van der Waals surface area (Å²) in [7, 11) is 0. The quantitative estimate of drug-likeness (QED) is 0.884. The second kappa shape index (κ2) is 5.29. The highest BCUT2D eigenvalue weighted by atomic mass is 35.5. The minimum absolute atomic E-state index is 0.0453. The predicted octanol–water partition coefficient (Wildman–Crippen LogP) is 3.52. The molecule has 0 fully saturated rings. The van der Waals surface area contributed by atoms with Crippen LogP contribution in [-0.2, 0) is 6.18 Å². The fourth-order valence-electron chi connectivity index (χ4n) is 1.40. The van der Waals surface area contributed by atoms with Gasteiger partial charge < -0.3 is 11.1 Å². The number of nitrogens with two attached hydrogens (primary N) is 1. The smallest absolute Gasteiger partial charge is 0.368 e. The van der Waals surface area contributed by atoms with Crippen LogP contribution in [0.4, 0.5) is 30.8 Å². The van der Waals surface area contributed by atoms with Crippen molar-refractivity contribution >= 4 is 40.8 Å². The van der Waals surface area contributed by atoms with Crippen LogP contribution in [0, 0.1) is 0 Å². The molecular weight excluding hydrogens is 318 g/mol. The highest BCUT2D eigenvalue weighted by molar-refractivity contribution is 6.30. The first-order valence-electron chi connectivity index (χ1n) is 5.06. The van der Waals surface area contributed by atoms with Crippen LogP contribution in [-0.4, -0.2) is 15.0 Å². The van der Waals surface area contributed by atoms with E-state index in [9.17, 15) is 13.2 Å². The molecule has 106 valence electrons. The van der Waals surface area contributed by atoms with Gasteiger partial charge in [0.25, 0.3) is 0 Å². The van der Waals surface area contributed by atoms with E-state index in [1.165, 1.54) is 6.07 Å². The van der Waals surface area contributed by atoms with Gasteiger partial charge in [0, 0.05) is 5.02 Å². The van der Waals surface area contributed by atoms with E-state index in [-0.39, 0.29) is 27.9 Å². The molecule has 2 rings (SSSR count). The van der Waals surface area contributed by atoms with Crippen molar-refractivity contribution in [3.8, 4) is 0 Å². The highest BCUT2D eigenvalue weighted by Crippen LogP contribution is 2.37. The van der Waals surface area contributed by atoms with Crippen molar-refractivity contribution in [3.05, 3.63) is 34.1 Å². The van der Waals surface area contributed by atoms with Crippen molar-refractivity contribution in [2.24, 2.45) is 0 Å². The van der Waals surface area contributed by atoms with Crippen LogP contribution < -0.4 is 11.1 Å². The molecular formula is C10H6Cl2F3N5. The molecule has 0 radical (unpaired) electrons. The van der Waals surface area contributed by atoms with Crippen LogP contribution in [0.15, 0.2) is 18.2 Å². The Morgan fingerprint density at radius 3 is 2.40 bits per heavy atom. The molecule has 0 atom stereocenters. The maximum Gasteiger partial charge on any atom is 0.418 e. The average Bonchev–Trinajstić information content (AvgIpc) is 2.28. The summed E-state index contributed by atoms with van der Waals surface area (Å²) in [6.45, 7) is 0. The number of rotatable bonds is 2. The van der Waals surface area contributed by atoms with Crippen LogP contribution >= 0.6 is 23.2 Å². The van der Waals surface area contributed by atoms with Gasteiger partial charge in [0.15, 0.2) is 0 Å². The van der Waals surface area contributed by atoms with Crippen LogP contribution in [0.1, 0.15) is 5.56 Å². The van der Waals surface area contributed by atoms with Gasteiger partial charge in [-0.1, -0.05) is 11.6 Å². The lowest BCUT2D eigenvalue weighted by Gasteiger charge is -2.14. The number of hydrogen-bond acceptors (Lipinski definition) is 5. The molecule has 0 aliphatic rings. The SMILES string of the molecule is Nc1nc(Cl)nc(Nc2ccc(Cl)cc2C(F)(F)F)n1. The van der Waals surface area contributed by atoms with Crippen LogP contribution in [0.3, 0.4) is 0 Å². The van der Waals surface area contributed by atoms with Crippen LogP contribution in [0.5, 0.6) is 0 Å². The van der Waals surface area contributed by atoms with Crippen LogP contribution in [0.25, 0.3) is 0 Å². The molecule has 0 aliphatic carbocycles. The first-order chi connectivity index (χ1) is 9.25. The Kier molecular flexibility index (Phi) is 3.87. The highest BCUT2D eigenvalue weighted by Gasteiger charge is 2.34. The van der Waals surface area contributed by atoms with Gasteiger partial charge in [-0.05, 0) is 29.8 Å². The summed E-state index contributed by atoms with van der Waals surface area (Å²) < 4.78 is 38.7. The number of nitrogens with zero attached hydrogens (tertiary/aromatic N) is 3. The monoisotopic (exact) mass is 323 g/mol. The summed E-state index contributed by atoms with van der Waals surface area (Å²) in [5, 5.41) is 2.10. The molecule has 1 heterocycles. The average molecular weight is 324 g/mol. The zero-order chi connectivity index (χ0) is 14.9. The van der Waals surface area contributed by atoms with E-state index in [0.717, 1.165) is 12.1 Å². The van der Waals surface area contributed by atoms with Crippen molar-refractivity contribution in [2.75, 3.05) is 11.1 Å². The summed E-state index contributed by atoms with van der Waals surface area (Å²) in [6.07, 6.45) is -4.59. The second-order valence-electron chi connectivity index (χ2n) is 3.60. The lowest BCUT2D eigenvalue weighted by atomic mass is 10.1. The molecule has 3 N–H and O–H groups in total. The summed E-state index contributed by atoms with van der Waals surface area (Å²) in [4.78, 5) is 10.8. The van der Waals surface area contributed by atoms with Crippen molar-refractivity contribution in [3.63, 3.8) is 0 Å². The van der Waals surface area contributed by atoms with Gasteiger partial charge in [-0.25, -0.2) is 0 Å². The molecule has 20 heavy (non-hydrogen) atoms. The zero-order valence-electron chi connectivity index (χ0n) is 9.54. The fraction of sp³-hybridized carbons (Fsp3) is 0.100. The van der Waals surface area contributed by atoms with Crippen molar-refractivity contribution in [2.45, 2.75) is 6.18 Å². The molecule has 0 bridgehead atoms. The van der Waals surface area contributed by atoms with Crippen molar-refractivity contribution in [1.29, 1.82) is 0 Å². The summed E-state index contributed by atoms with van der Waals surface area (Å²) in [5.41, 5.74) is 4.10. The topological polar surface area (TPSA) is 76.7 Å². The lowest BCUT2D eigenvalue weighted by Crippen LogP contribution is -2.10. The third kappa shape index (κ3) is 3.40. The van der Waals surface area contributed by atoms with E-state index >= 15 is 0 Å². The minimum atomic E-state index is -4.59. The number of hydrogen-bond donors (Lipinski definition) is 2. The Balaban J connectivity index is 2.43. The van der Waals surface area contributed by atoms with E-state index in [0.29, 0.717) is 0 Å². The molecule has 0 aliphatic heterocycles. The fourth-order valence-corrected chi connectivity index (χ4v) is 1.74. The normalized spacial score (nSPS) is 11.4. The molecule has 2 aromatic rings. The Bertz CT molecular complexity index is 627. The van der Waals surface area contributed by atoms with Gasteiger partial charge in [-0.15, -0.1) is 0 Å². The Labute approximate surface area is 121 Å². The minimum Gasteiger partial charge on any atom is -0.368 e. The molecule has 0 amide bonds. The number of aromatic nitrogens is 3. The molecule has 0 saturated carbocycles. The molecule has 1 aromatic carbocycles. The van der Waals surface area contributed by atoms with Crippen molar-refractivity contribution < 1.29 is 13.2 Å². The standard InChI is InChI=1S/C10H6Cl2F3N5/c11-4-1-2-6(5(3-4)10(13,14)15)17-9-19-7(12)18-8(16)20-9/h1-3H,(H3,16,17,18,19,20). The summed E-state index contributed by atoms with van der Waals surface area (Å²) >= 11 is 11.1. The first kappa shape index (κ1) is 14.6. The van der Waals surface area contributed by atoms with E-state index < -0.39 is 11.7 Å². The number of alkyl halides is 3. The molecule has 0 unspecified atom stereocenters. The number of benzene rings is 1. The molecule has 5 nitrogen and oxygen atoms in total. The number of halogens is 5. The first-order valence-corrected chi connectivity index (χ1v) is 5.82. The van der Waals surface area contributed by atoms with Crippen LogP contribution in [0.2, 0.25) is 10.3 Å². The third-order valence-corrected chi connectivity index (χ3v) is 2.56. The lowest BCUT2D eigenvalue weighted by molar-refractivity contribution is -0.136. The maximum atomic E-state index is 12.9. The molecule has 10 heteroatoms.